The summed E-state index contributed by atoms with van der Waals surface area (Å²) in [5, 5.41) is 3.29. The molecule has 1 N–H and O–H groups in total. The highest BCUT2D eigenvalue weighted by Crippen LogP contribution is 2.15. The summed E-state index contributed by atoms with van der Waals surface area (Å²) in [6, 6.07) is 11.8. The van der Waals surface area contributed by atoms with Gasteiger partial charge in [-0.25, -0.2) is 0 Å². The van der Waals surface area contributed by atoms with Crippen molar-refractivity contribution in [1.29, 1.82) is 0 Å². The largest absolute Gasteiger partial charge is 0.463 e. The molecule has 0 amide bonds. The Kier molecular flexibility index (Phi) is 4.38. The smallest absolute Gasteiger partial charge is 0.123 e. The summed E-state index contributed by atoms with van der Waals surface area (Å²) >= 11 is 1.75. The molecule has 1 aromatic carbocycles. The normalized spacial score (nSPS) is 10.0. The van der Waals surface area contributed by atoms with Gasteiger partial charge in [0.15, 0.2) is 0 Å². The van der Waals surface area contributed by atoms with Crippen molar-refractivity contribution in [2.75, 3.05) is 11.6 Å². The van der Waals surface area contributed by atoms with Gasteiger partial charge in [-0.2, -0.15) is 11.8 Å². The van der Waals surface area contributed by atoms with E-state index in [0.717, 1.165) is 28.5 Å². The quantitative estimate of drug-likeness (QED) is 0.826. The summed E-state index contributed by atoms with van der Waals surface area (Å²) in [5.41, 5.74) is 1.88. The Morgan fingerprint density at radius 1 is 1.28 bits per heavy atom. The molecule has 1 aromatic heterocycles. The van der Waals surface area contributed by atoms with E-state index >= 15 is 0 Å². The fraction of sp³-hybridized carbons (Fsp3) is 0.200. The van der Waals surface area contributed by atoms with Gasteiger partial charge in [-0.05, 0) is 36.6 Å². The maximum absolute atomic E-state index is 5.68. The van der Waals surface area contributed by atoms with Crippen LogP contribution in [0.25, 0.3) is 0 Å². The van der Waals surface area contributed by atoms with Crippen LogP contribution in [0.3, 0.4) is 0 Å². The molecule has 2 rings (SSSR count). The van der Waals surface area contributed by atoms with Gasteiger partial charge in [-0.1, -0.05) is 12.0 Å². The monoisotopic (exact) mass is 257 g/mol. The Bertz CT molecular complexity index is 554. The first-order chi connectivity index (χ1) is 8.81. The average Bonchev–Trinajstić information content (AvgIpc) is 2.85. The van der Waals surface area contributed by atoms with E-state index in [4.69, 9.17) is 10.8 Å². The predicted octanol–water partition coefficient (Wildman–Crippen LogP) is 3.74. The van der Waals surface area contributed by atoms with Crippen LogP contribution in [-0.2, 0) is 12.3 Å². The number of hydrogen-bond donors (Lipinski definition) is 1. The van der Waals surface area contributed by atoms with Crippen LogP contribution < -0.4 is 5.32 Å². The number of rotatable bonds is 5. The van der Waals surface area contributed by atoms with Gasteiger partial charge in [0.1, 0.15) is 11.5 Å². The molecule has 2 nitrogen and oxygen atoms in total. The first kappa shape index (κ1) is 12.7. The third-order valence-electron chi connectivity index (χ3n) is 2.50. The lowest BCUT2D eigenvalue weighted by atomic mass is 10.2. The molecule has 0 fully saturated rings. The molecular formula is C15H15NOS. The second-order valence-electron chi connectivity index (χ2n) is 3.88. The highest BCUT2D eigenvalue weighted by atomic mass is 32.2. The number of terminal acetylenes is 1. The molecule has 0 aliphatic heterocycles. The third-order valence-corrected chi connectivity index (χ3v) is 3.07. The van der Waals surface area contributed by atoms with Crippen LogP contribution in [0.2, 0.25) is 0 Å². The zero-order valence-corrected chi connectivity index (χ0v) is 11.1. The average molecular weight is 257 g/mol. The fourth-order valence-corrected chi connectivity index (χ4v) is 2.08. The van der Waals surface area contributed by atoms with Gasteiger partial charge < -0.3 is 9.73 Å². The van der Waals surface area contributed by atoms with E-state index in [2.05, 4.69) is 17.5 Å². The molecule has 3 heteroatoms. The standard InChI is InChI=1S/C15H15NOS/c1-3-12-5-4-6-13(9-12)16-10-14-7-8-15(17-14)11-18-2/h1,4-9,16H,10-11H2,2H3. The van der Waals surface area contributed by atoms with Crippen molar-refractivity contribution in [2.24, 2.45) is 0 Å². The molecule has 0 aliphatic carbocycles. The van der Waals surface area contributed by atoms with E-state index in [-0.39, 0.29) is 0 Å². The van der Waals surface area contributed by atoms with Crippen LogP contribution in [0.15, 0.2) is 40.8 Å². The second kappa shape index (κ2) is 6.23. The zero-order chi connectivity index (χ0) is 12.8. The molecule has 2 aromatic rings. The topological polar surface area (TPSA) is 25.2 Å². The van der Waals surface area contributed by atoms with Crippen molar-refractivity contribution in [2.45, 2.75) is 12.3 Å². The molecule has 18 heavy (non-hydrogen) atoms. The minimum Gasteiger partial charge on any atom is -0.463 e. The fourth-order valence-electron chi connectivity index (χ4n) is 1.65. The highest BCUT2D eigenvalue weighted by Gasteiger charge is 2.01. The zero-order valence-electron chi connectivity index (χ0n) is 10.3. The molecular weight excluding hydrogens is 242 g/mol. The van der Waals surface area contributed by atoms with Crippen molar-refractivity contribution in [1.82, 2.24) is 0 Å². The van der Waals surface area contributed by atoms with E-state index in [9.17, 15) is 0 Å². The first-order valence-corrected chi connectivity index (χ1v) is 7.08. The number of thioether (sulfide) groups is 1. The summed E-state index contributed by atoms with van der Waals surface area (Å²) in [7, 11) is 0. The number of hydrogen-bond acceptors (Lipinski definition) is 3. The van der Waals surface area contributed by atoms with E-state index in [1.165, 1.54) is 0 Å². The lowest BCUT2D eigenvalue weighted by Crippen LogP contribution is -1.98. The van der Waals surface area contributed by atoms with Crippen molar-refractivity contribution in [3.8, 4) is 12.3 Å². The number of nitrogens with one attached hydrogen (secondary N) is 1. The van der Waals surface area contributed by atoms with Crippen molar-refractivity contribution in [3.63, 3.8) is 0 Å². The Labute approximate surface area is 112 Å². The van der Waals surface area contributed by atoms with Crippen LogP contribution >= 0.6 is 11.8 Å². The summed E-state index contributed by atoms with van der Waals surface area (Å²) < 4.78 is 5.68. The Hall–Kier alpha value is -1.79. The van der Waals surface area contributed by atoms with E-state index in [1.54, 1.807) is 11.8 Å². The predicted molar refractivity (Wildman–Crippen MR) is 77.6 cm³/mol. The van der Waals surface area contributed by atoms with Gasteiger partial charge in [-0.3, -0.25) is 0 Å². The van der Waals surface area contributed by atoms with Gasteiger partial charge >= 0.3 is 0 Å². The van der Waals surface area contributed by atoms with Gasteiger partial charge in [0.25, 0.3) is 0 Å². The van der Waals surface area contributed by atoms with Crippen LogP contribution in [0.1, 0.15) is 17.1 Å². The second-order valence-corrected chi connectivity index (χ2v) is 4.75. The third kappa shape index (κ3) is 3.35. The molecule has 0 aliphatic rings. The van der Waals surface area contributed by atoms with Gasteiger partial charge in [0.05, 0.1) is 12.3 Å². The minimum atomic E-state index is 0.669. The number of anilines is 1. The number of benzene rings is 1. The molecule has 92 valence electrons. The van der Waals surface area contributed by atoms with Crippen molar-refractivity contribution < 1.29 is 4.42 Å². The van der Waals surface area contributed by atoms with Gasteiger partial charge in [-0.15, -0.1) is 6.42 Å². The molecule has 1 heterocycles. The maximum Gasteiger partial charge on any atom is 0.123 e. The van der Waals surface area contributed by atoms with Crippen LogP contribution in [0.5, 0.6) is 0 Å². The Morgan fingerprint density at radius 3 is 2.89 bits per heavy atom. The summed E-state index contributed by atoms with van der Waals surface area (Å²) in [4.78, 5) is 0. The molecule has 0 unspecified atom stereocenters. The van der Waals surface area contributed by atoms with Crippen LogP contribution in [0, 0.1) is 12.3 Å². The van der Waals surface area contributed by atoms with Crippen molar-refractivity contribution >= 4 is 17.4 Å². The molecule has 0 atom stereocenters. The Morgan fingerprint density at radius 2 is 2.11 bits per heavy atom. The molecule has 0 spiro atoms. The van der Waals surface area contributed by atoms with Crippen molar-refractivity contribution in [3.05, 3.63) is 53.5 Å². The molecule has 0 radical (unpaired) electrons. The molecule has 0 bridgehead atoms. The lowest BCUT2D eigenvalue weighted by Gasteiger charge is -2.04. The summed E-state index contributed by atoms with van der Waals surface area (Å²) in [6.07, 6.45) is 7.43. The van der Waals surface area contributed by atoms with Gasteiger partial charge in [0.2, 0.25) is 0 Å². The Balaban J connectivity index is 1.96. The summed E-state index contributed by atoms with van der Waals surface area (Å²) in [5.74, 6) is 5.48. The number of furan rings is 1. The SMILES string of the molecule is C#Cc1cccc(NCc2ccc(CSC)o2)c1. The minimum absolute atomic E-state index is 0.669. The highest BCUT2D eigenvalue weighted by molar-refractivity contribution is 7.97. The van der Waals surface area contributed by atoms with Crippen LogP contribution in [-0.4, -0.2) is 6.26 Å². The molecule has 0 saturated heterocycles. The summed E-state index contributed by atoms with van der Waals surface area (Å²) in [6.45, 7) is 0.669. The lowest BCUT2D eigenvalue weighted by molar-refractivity contribution is 0.487. The van der Waals surface area contributed by atoms with E-state index in [0.29, 0.717) is 6.54 Å². The van der Waals surface area contributed by atoms with E-state index in [1.807, 2.05) is 36.4 Å². The van der Waals surface area contributed by atoms with Gasteiger partial charge in [0, 0.05) is 11.3 Å². The van der Waals surface area contributed by atoms with E-state index < -0.39 is 0 Å². The molecule has 0 saturated carbocycles. The first-order valence-electron chi connectivity index (χ1n) is 5.69. The van der Waals surface area contributed by atoms with Crippen LogP contribution in [0.4, 0.5) is 5.69 Å². The maximum atomic E-state index is 5.68.